The van der Waals surface area contributed by atoms with Crippen molar-refractivity contribution in [2.24, 2.45) is 0 Å². The first-order valence-corrected chi connectivity index (χ1v) is 7.23. The monoisotopic (exact) mass is 264 g/mol. The summed E-state index contributed by atoms with van der Waals surface area (Å²) < 4.78 is 0. The van der Waals surface area contributed by atoms with Crippen LogP contribution in [0.3, 0.4) is 0 Å². The van der Waals surface area contributed by atoms with Crippen LogP contribution in [-0.2, 0) is 9.59 Å². The Kier molecular flexibility index (Phi) is 2.91. The summed E-state index contributed by atoms with van der Waals surface area (Å²) >= 11 is 0. The SMILES string of the molecule is O=C1CCCC(=O)[C@@]2(O)CCC[C@@]2(O)C2=C1CCC2. The lowest BCUT2D eigenvalue weighted by Crippen LogP contribution is -2.56. The van der Waals surface area contributed by atoms with Crippen LogP contribution in [0.25, 0.3) is 0 Å². The predicted octanol–water partition coefficient (Wildman–Crippen LogP) is 1.44. The Labute approximate surface area is 112 Å². The lowest BCUT2D eigenvalue weighted by molar-refractivity contribution is -0.158. The molecule has 0 bridgehead atoms. The maximum absolute atomic E-state index is 12.3. The van der Waals surface area contributed by atoms with Crippen LogP contribution in [0.15, 0.2) is 11.1 Å². The van der Waals surface area contributed by atoms with E-state index in [9.17, 15) is 19.8 Å². The number of hydrogen-bond acceptors (Lipinski definition) is 4. The van der Waals surface area contributed by atoms with E-state index in [1.165, 1.54) is 0 Å². The number of hydrogen-bond donors (Lipinski definition) is 2. The van der Waals surface area contributed by atoms with Gasteiger partial charge in [-0.2, -0.15) is 0 Å². The fraction of sp³-hybridized carbons (Fsp3) is 0.733. The zero-order valence-corrected chi connectivity index (χ0v) is 11.1. The second-order valence-electron chi connectivity index (χ2n) is 6.08. The molecule has 0 heterocycles. The average Bonchev–Trinajstić information content (AvgIpc) is 2.96. The minimum Gasteiger partial charge on any atom is -0.382 e. The molecule has 2 atom stereocenters. The van der Waals surface area contributed by atoms with E-state index in [1.54, 1.807) is 0 Å². The summed E-state index contributed by atoms with van der Waals surface area (Å²) in [5.74, 6) is -0.231. The molecule has 0 spiro atoms. The molecule has 4 nitrogen and oxygen atoms in total. The van der Waals surface area contributed by atoms with Crippen molar-refractivity contribution in [3.05, 3.63) is 11.1 Å². The normalized spacial score (nSPS) is 39.7. The van der Waals surface area contributed by atoms with Crippen LogP contribution in [0.1, 0.15) is 57.8 Å². The molecule has 0 aliphatic heterocycles. The standard InChI is InChI=1S/C15H20O4/c16-12-6-2-7-13(17)15(19)9-3-8-14(15,18)11-5-1-4-10(11)12/h18-19H,1-9H2/t14-,15+/m1/s1. The van der Waals surface area contributed by atoms with Crippen LogP contribution in [0.4, 0.5) is 0 Å². The summed E-state index contributed by atoms with van der Waals surface area (Å²) in [5, 5.41) is 21.7. The van der Waals surface area contributed by atoms with E-state index in [1.807, 2.05) is 0 Å². The maximum Gasteiger partial charge on any atom is 0.167 e. The Morgan fingerprint density at radius 1 is 0.789 bits per heavy atom. The van der Waals surface area contributed by atoms with E-state index < -0.39 is 11.2 Å². The highest BCUT2D eigenvalue weighted by Gasteiger charge is 2.60. The van der Waals surface area contributed by atoms with Gasteiger partial charge < -0.3 is 10.2 Å². The molecule has 104 valence electrons. The molecule has 3 rings (SSSR count). The van der Waals surface area contributed by atoms with Crippen LogP contribution in [0.5, 0.6) is 0 Å². The third-order valence-corrected chi connectivity index (χ3v) is 5.08. The number of ketones is 2. The summed E-state index contributed by atoms with van der Waals surface area (Å²) in [6, 6.07) is 0. The average molecular weight is 264 g/mol. The van der Waals surface area contributed by atoms with Gasteiger partial charge in [0.2, 0.25) is 0 Å². The third kappa shape index (κ3) is 1.66. The van der Waals surface area contributed by atoms with E-state index in [0.717, 1.165) is 6.42 Å². The lowest BCUT2D eigenvalue weighted by atomic mass is 9.75. The second-order valence-corrected chi connectivity index (χ2v) is 6.08. The van der Waals surface area contributed by atoms with Gasteiger partial charge in [-0.25, -0.2) is 0 Å². The third-order valence-electron chi connectivity index (χ3n) is 5.08. The Morgan fingerprint density at radius 3 is 2.26 bits per heavy atom. The maximum atomic E-state index is 12.3. The summed E-state index contributed by atoms with van der Waals surface area (Å²) in [4.78, 5) is 24.5. The minimum atomic E-state index is -1.66. The molecule has 0 radical (unpaired) electrons. The molecule has 19 heavy (non-hydrogen) atoms. The predicted molar refractivity (Wildman–Crippen MR) is 68.5 cm³/mol. The fourth-order valence-corrected chi connectivity index (χ4v) is 4.06. The van der Waals surface area contributed by atoms with Crippen LogP contribution < -0.4 is 0 Å². The summed E-state index contributed by atoms with van der Waals surface area (Å²) in [5.41, 5.74) is -1.80. The number of rotatable bonds is 0. The number of carbonyl (C=O) groups excluding carboxylic acids is 2. The number of aliphatic hydroxyl groups is 2. The highest BCUT2D eigenvalue weighted by molar-refractivity contribution is 5.99. The van der Waals surface area contributed by atoms with Crippen LogP contribution >= 0.6 is 0 Å². The van der Waals surface area contributed by atoms with E-state index in [2.05, 4.69) is 0 Å². The number of allylic oxidation sites excluding steroid dienone is 1. The smallest absolute Gasteiger partial charge is 0.167 e. The summed E-state index contributed by atoms with van der Waals surface area (Å²) in [6.07, 6.45) is 4.50. The zero-order chi connectivity index (χ0) is 13.7. The second kappa shape index (κ2) is 4.25. The van der Waals surface area contributed by atoms with Gasteiger partial charge in [0, 0.05) is 12.8 Å². The topological polar surface area (TPSA) is 74.6 Å². The van der Waals surface area contributed by atoms with Gasteiger partial charge in [0.25, 0.3) is 0 Å². The van der Waals surface area contributed by atoms with E-state index in [0.29, 0.717) is 56.1 Å². The molecule has 1 fully saturated rings. The van der Waals surface area contributed by atoms with Gasteiger partial charge >= 0.3 is 0 Å². The molecule has 3 aliphatic carbocycles. The van der Waals surface area contributed by atoms with Crippen molar-refractivity contribution in [1.29, 1.82) is 0 Å². The van der Waals surface area contributed by atoms with Gasteiger partial charge in [0.05, 0.1) is 0 Å². The molecular weight excluding hydrogens is 244 g/mol. The molecule has 4 heteroatoms. The summed E-state index contributed by atoms with van der Waals surface area (Å²) in [7, 11) is 0. The van der Waals surface area contributed by atoms with Crippen molar-refractivity contribution in [1.82, 2.24) is 0 Å². The van der Waals surface area contributed by atoms with Crippen molar-refractivity contribution in [3.63, 3.8) is 0 Å². The van der Waals surface area contributed by atoms with Crippen LogP contribution in [0, 0.1) is 0 Å². The number of fused-ring (bicyclic) bond motifs is 2. The molecule has 2 N–H and O–H groups in total. The van der Waals surface area contributed by atoms with Gasteiger partial charge in [-0.3, -0.25) is 9.59 Å². The van der Waals surface area contributed by atoms with Gasteiger partial charge in [-0.05, 0) is 56.1 Å². The molecule has 3 aliphatic rings. The Balaban J connectivity index is 2.16. The van der Waals surface area contributed by atoms with Crippen LogP contribution in [0.2, 0.25) is 0 Å². The van der Waals surface area contributed by atoms with Crippen LogP contribution in [-0.4, -0.2) is 33.0 Å². The van der Waals surface area contributed by atoms with Crippen molar-refractivity contribution < 1.29 is 19.8 Å². The fourth-order valence-electron chi connectivity index (χ4n) is 4.06. The Hall–Kier alpha value is -1.00. The molecule has 0 unspecified atom stereocenters. The van der Waals surface area contributed by atoms with Crippen molar-refractivity contribution in [2.75, 3.05) is 0 Å². The molecule has 0 aromatic heterocycles. The summed E-state index contributed by atoms with van der Waals surface area (Å²) in [6.45, 7) is 0. The molecule has 0 amide bonds. The molecule has 0 aromatic rings. The van der Waals surface area contributed by atoms with E-state index in [4.69, 9.17) is 0 Å². The minimum absolute atomic E-state index is 0.0601. The zero-order valence-electron chi connectivity index (χ0n) is 11.1. The lowest BCUT2D eigenvalue weighted by Gasteiger charge is -2.38. The molecule has 1 saturated carbocycles. The van der Waals surface area contributed by atoms with E-state index in [-0.39, 0.29) is 18.0 Å². The molecule has 0 saturated heterocycles. The molecular formula is C15H20O4. The quantitative estimate of drug-likeness (QED) is 0.694. The largest absolute Gasteiger partial charge is 0.382 e. The first-order chi connectivity index (χ1) is 8.99. The van der Waals surface area contributed by atoms with Gasteiger partial charge in [0.1, 0.15) is 5.60 Å². The van der Waals surface area contributed by atoms with Crippen molar-refractivity contribution in [2.45, 2.75) is 69.0 Å². The first-order valence-electron chi connectivity index (χ1n) is 7.23. The molecule has 0 aromatic carbocycles. The van der Waals surface area contributed by atoms with Gasteiger partial charge in [-0.1, -0.05) is 0 Å². The highest BCUT2D eigenvalue weighted by Crippen LogP contribution is 2.50. The number of Topliss-reactive ketones (excluding diaryl/α,β-unsaturated/α-hetero) is 2. The van der Waals surface area contributed by atoms with Gasteiger partial charge in [-0.15, -0.1) is 0 Å². The van der Waals surface area contributed by atoms with E-state index >= 15 is 0 Å². The Bertz CT molecular complexity index is 479. The first kappa shape index (κ1) is 13.0. The van der Waals surface area contributed by atoms with Gasteiger partial charge in [0.15, 0.2) is 17.2 Å². The van der Waals surface area contributed by atoms with Crippen molar-refractivity contribution in [3.8, 4) is 0 Å². The highest BCUT2D eigenvalue weighted by atomic mass is 16.4. The number of carbonyl (C=O) groups is 2. The Morgan fingerprint density at radius 2 is 1.47 bits per heavy atom. The van der Waals surface area contributed by atoms with Crippen molar-refractivity contribution >= 4 is 11.6 Å².